The molecule has 0 unspecified atom stereocenters. The van der Waals surface area contributed by atoms with Gasteiger partial charge >= 0.3 is 10.2 Å². The summed E-state index contributed by atoms with van der Waals surface area (Å²) in [7, 11) is -9.43. The highest BCUT2D eigenvalue weighted by Crippen LogP contribution is 2.26. The van der Waals surface area contributed by atoms with E-state index in [9.17, 15) is 25.1 Å². The maximum atomic E-state index is 13.3. The standard InChI is InChI=1S/C12H12F2N2O4S2/c13-11-2-1-10(7-12(11)21(14,17)18)22(19,20)16-5-3-9(8-15)4-6-16/h1-2,7,9H,3-6H2. The second kappa shape index (κ2) is 5.91. The first kappa shape index (κ1) is 16.8. The molecule has 1 aliphatic heterocycles. The summed E-state index contributed by atoms with van der Waals surface area (Å²) >= 11 is 0. The quantitative estimate of drug-likeness (QED) is 0.768. The summed E-state index contributed by atoms with van der Waals surface area (Å²) < 4.78 is 73.8. The number of halogens is 2. The number of hydrogen-bond acceptors (Lipinski definition) is 5. The number of nitriles is 1. The largest absolute Gasteiger partial charge is 0.335 e. The van der Waals surface area contributed by atoms with E-state index in [0.29, 0.717) is 25.0 Å². The zero-order valence-electron chi connectivity index (χ0n) is 11.2. The molecule has 120 valence electrons. The molecule has 0 bridgehead atoms. The number of sulfonamides is 1. The first-order valence-electron chi connectivity index (χ1n) is 6.30. The number of piperidine rings is 1. The minimum Gasteiger partial charge on any atom is -0.207 e. The van der Waals surface area contributed by atoms with E-state index in [1.165, 1.54) is 0 Å². The van der Waals surface area contributed by atoms with Gasteiger partial charge in [-0.25, -0.2) is 12.8 Å². The fraction of sp³-hybridized carbons (Fsp3) is 0.417. The highest BCUT2D eigenvalue weighted by atomic mass is 32.3. The summed E-state index contributed by atoms with van der Waals surface area (Å²) in [4.78, 5) is -1.80. The number of nitrogens with zero attached hydrogens (tertiary/aromatic N) is 2. The van der Waals surface area contributed by atoms with Gasteiger partial charge in [-0.05, 0) is 31.0 Å². The van der Waals surface area contributed by atoms with Crippen LogP contribution in [0.25, 0.3) is 0 Å². The smallest absolute Gasteiger partial charge is 0.207 e. The lowest BCUT2D eigenvalue weighted by Gasteiger charge is -2.28. The van der Waals surface area contributed by atoms with E-state index in [1.807, 2.05) is 0 Å². The summed E-state index contributed by atoms with van der Waals surface area (Å²) in [6, 6.07) is 4.00. The van der Waals surface area contributed by atoms with Gasteiger partial charge in [-0.2, -0.15) is 18.0 Å². The highest BCUT2D eigenvalue weighted by Gasteiger charge is 2.31. The van der Waals surface area contributed by atoms with Gasteiger partial charge < -0.3 is 0 Å². The zero-order valence-corrected chi connectivity index (χ0v) is 12.9. The molecule has 1 aromatic rings. The third-order valence-corrected chi connectivity index (χ3v) is 6.17. The minimum absolute atomic E-state index is 0.0929. The second-order valence-corrected chi connectivity index (χ2v) is 8.09. The summed E-state index contributed by atoms with van der Waals surface area (Å²) in [6.45, 7) is 0.186. The number of rotatable bonds is 3. The minimum atomic E-state index is -5.36. The first-order valence-corrected chi connectivity index (χ1v) is 9.12. The van der Waals surface area contributed by atoms with Crippen LogP contribution in [0.5, 0.6) is 0 Å². The maximum Gasteiger partial charge on any atom is 0.335 e. The molecular formula is C12H12F2N2O4S2. The van der Waals surface area contributed by atoms with Crippen LogP contribution in [0.1, 0.15) is 12.8 Å². The zero-order chi connectivity index (χ0) is 16.5. The Kier molecular flexibility index (Phi) is 4.51. The lowest BCUT2D eigenvalue weighted by Crippen LogP contribution is -2.38. The molecule has 0 N–H and O–H groups in total. The first-order chi connectivity index (χ1) is 10.2. The summed E-state index contributed by atoms with van der Waals surface area (Å²) in [5.41, 5.74) is 0. The van der Waals surface area contributed by atoms with E-state index >= 15 is 0 Å². The van der Waals surface area contributed by atoms with Gasteiger partial charge in [-0.3, -0.25) is 0 Å². The number of hydrogen-bond donors (Lipinski definition) is 0. The normalized spacial score (nSPS) is 18.0. The summed E-state index contributed by atoms with van der Waals surface area (Å²) in [6.07, 6.45) is 0.705. The van der Waals surface area contributed by atoms with Crippen molar-refractivity contribution in [2.45, 2.75) is 22.6 Å². The molecule has 0 aromatic heterocycles. The van der Waals surface area contributed by atoms with Crippen LogP contribution < -0.4 is 0 Å². The molecule has 0 atom stereocenters. The lowest BCUT2D eigenvalue weighted by molar-refractivity contribution is 0.310. The van der Waals surface area contributed by atoms with Crippen molar-refractivity contribution in [3.8, 4) is 6.07 Å². The van der Waals surface area contributed by atoms with E-state index in [2.05, 4.69) is 6.07 Å². The average molecular weight is 350 g/mol. The van der Waals surface area contributed by atoms with Crippen molar-refractivity contribution in [1.29, 1.82) is 5.26 Å². The van der Waals surface area contributed by atoms with E-state index in [1.54, 1.807) is 0 Å². The van der Waals surface area contributed by atoms with Crippen LogP contribution in [0.3, 0.4) is 0 Å². The number of benzene rings is 1. The highest BCUT2D eigenvalue weighted by molar-refractivity contribution is 7.89. The fourth-order valence-corrected chi connectivity index (χ4v) is 4.35. The maximum absolute atomic E-state index is 13.3. The summed E-state index contributed by atoms with van der Waals surface area (Å²) in [5, 5.41) is 8.79. The molecule has 1 aliphatic rings. The Bertz CT molecular complexity index is 823. The van der Waals surface area contributed by atoms with E-state index < -0.39 is 35.9 Å². The van der Waals surface area contributed by atoms with Crippen LogP contribution in [0.15, 0.2) is 28.0 Å². The van der Waals surface area contributed by atoms with Crippen molar-refractivity contribution in [3.05, 3.63) is 24.0 Å². The summed E-state index contributed by atoms with van der Waals surface area (Å²) in [5.74, 6) is -1.59. The molecule has 1 aromatic carbocycles. The predicted octanol–water partition coefficient (Wildman–Crippen LogP) is 1.41. The molecule has 2 rings (SSSR count). The van der Waals surface area contributed by atoms with Crippen molar-refractivity contribution in [1.82, 2.24) is 4.31 Å². The predicted molar refractivity (Wildman–Crippen MR) is 71.8 cm³/mol. The van der Waals surface area contributed by atoms with Gasteiger partial charge in [0.25, 0.3) is 0 Å². The molecule has 1 saturated heterocycles. The van der Waals surface area contributed by atoms with Crippen molar-refractivity contribution >= 4 is 20.2 Å². The molecule has 0 spiro atoms. The van der Waals surface area contributed by atoms with Crippen molar-refractivity contribution in [3.63, 3.8) is 0 Å². The van der Waals surface area contributed by atoms with Crippen molar-refractivity contribution in [2.24, 2.45) is 5.92 Å². The average Bonchev–Trinajstić information content (AvgIpc) is 2.46. The molecule has 6 nitrogen and oxygen atoms in total. The van der Waals surface area contributed by atoms with Crippen molar-refractivity contribution < 1.29 is 25.1 Å². The molecular weight excluding hydrogens is 338 g/mol. The monoisotopic (exact) mass is 350 g/mol. The third-order valence-electron chi connectivity index (χ3n) is 3.44. The molecule has 1 heterocycles. The Hall–Kier alpha value is -1.57. The SMILES string of the molecule is N#CC1CCN(S(=O)(=O)c2ccc(F)c(S(=O)(=O)F)c2)CC1. The van der Waals surface area contributed by atoms with E-state index in [0.717, 1.165) is 10.4 Å². The van der Waals surface area contributed by atoms with Gasteiger partial charge in [-0.1, -0.05) is 0 Å². The van der Waals surface area contributed by atoms with Crippen LogP contribution in [0.4, 0.5) is 8.28 Å². The van der Waals surface area contributed by atoms with Gasteiger partial charge in [0, 0.05) is 19.0 Å². The molecule has 0 amide bonds. The fourth-order valence-electron chi connectivity index (χ4n) is 2.21. The van der Waals surface area contributed by atoms with Crippen LogP contribution in [0, 0.1) is 23.1 Å². The Labute approximate surface area is 127 Å². The second-order valence-electron chi connectivity index (χ2n) is 4.84. The molecule has 1 fully saturated rings. The van der Waals surface area contributed by atoms with Crippen LogP contribution in [-0.4, -0.2) is 34.2 Å². The van der Waals surface area contributed by atoms with Gasteiger partial charge in [-0.15, -0.1) is 3.89 Å². The van der Waals surface area contributed by atoms with Gasteiger partial charge in [0.2, 0.25) is 10.0 Å². The van der Waals surface area contributed by atoms with Crippen LogP contribution in [-0.2, 0) is 20.2 Å². The molecule has 0 saturated carbocycles. The lowest BCUT2D eigenvalue weighted by atomic mass is 10.0. The third kappa shape index (κ3) is 3.26. The van der Waals surface area contributed by atoms with Gasteiger partial charge in [0.15, 0.2) is 0 Å². The van der Waals surface area contributed by atoms with E-state index in [4.69, 9.17) is 5.26 Å². The van der Waals surface area contributed by atoms with Crippen LogP contribution in [0.2, 0.25) is 0 Å². The Morgan fingerprint density at radius 2 is 1.77 bits per heavy atom. The van der Waals surface area contributed by atoms with Crippen molar-refractivity contribution in [2.75, 3.05) is 13.1 Å². The van der Waals surface area contributed by atoms with Crippen LogP contribution >= 0.6 is 0 Å². The Morgan fingerprint density at radius 1 is 1.18 bits per heavy atom. The Morgan fingerprint density at radius 3 is 2.27 bits per heavy atom. The van der Waals surface area contributed by atoms with E-state index in [-0.39, 0.29) is 19.0 Å². The molecule has 10 heteroatoms. The van der Waals surface area contributed by atoms with Gasteiger partial charge in [0.05, 0.1) is 11.0 Å². The molecule has 0 aliphatic carbocycles. The van der Waals surface area contributed by atoms with Gasteiger partial charge in [0.1, 0.15) is 10.7 Å². The topological polar surface area (TPSA) is 95.3 Å². The molecule has 22 heavy (non-hydrogen) atoms. The molecule has 0 radical (unpaired) electrons. The Balaban J connectivity index is 2.37.